The van der Waals surface area contributed by atoms with Gasteiger partial charge in [-0.15, -0.1) is 0 Å². The lowest BCUT2D eigenvalue weighted by Crippen LogP contribution is -2.38. The molecule has 0 aliphatic carbocycles. The minimum atomic E-state index is 0.194. The largest absolute Gasteiger partial charge is 0.371 e. The average molecular weight is 241 g/mol. The maximum absolute atomic E-state index is 11.7. The van der Waals surface area contributed by atoms with Crippen LogP contribution in [-0.2, 0) is 9.53 Å². The van der Waals surface area contributed by atoms with Gasteiger partial charge in [0.25, 0.3) is 0 Å². The maximum atomic E-state index is 11.7. The highest BCUT2D eigenvalue weighted by atomic mass is 16.6. The summed E-state index contributed by atoms with van der Waals surface area (Å²) >= 11 is 0. The van der Waals surface area contributed by atoms with E-state index < -0.39 is 0 Å². The normalized spacial score (nSPS) is 22.4. The number of rotatable bonds is 2. The van der Waals surface area contributed by atoms with Gasteiger partial charge < -0.3 is 9.64 Å². The third-order valence-corrected chi connectivity index (χ3v) is 2.83. The van der Waals surface area contributed by atoms with E-state index in [0.717, 1.165) is 31.7 Å². The Balaban J connectivity index is 0.000000581. The monoisotopic (exact) mass is 241 g/mol. The van der Waals surface area contributed by atoms with E-state index in [1.165, 1.54) is 5.57 Å². The van der Waals surface area contributed by atoms with Crippen molar-refractivity contribution in [3.63, 3.8) is 0 Å². The Morgan fingerprint density at radius 1 is 1.24 bits per heavy atom. The van der Waals surface area contributed by atoms with Gasteiger partial charge in [0.2, 0.25) is 5.91 Å². The summed E-state index contributed by atoms with van der Waals surface area (Å²) in [5.41, 5.74) is 2.16. The molecule has 17 heavy (non-hydrogen) atoms. The third kappa shape index (κ3) is 4.90. The molecule has 100 valence electrons. The summed E-state index contributed by atoms with van der Waals surface area (Å²) in [6, 6.07) is 0. The van der Waals surface area contributed by atoms with Gasteiger partial charge in [-0.2, -0.15) is 0 Å². The van der Waals surface area contributed by atoms with Crippen LogP contribution in [0.3, 0.4) is 0 Å². The smallest absolute Gasteiger partial charge is 0.249 e. The molecule has 0 aromatic heterocycles. The van der Waals surface area contributed by atoms with Crippen LogP contribution >= 0.6 is 0 Å². The van der Waals surface area contributed by atoms with E-state index in [1.54, 1.807) is 0 Å². The van der Waals surface area contributed by atoms with Gasteiger partial charge in [0.05, 0.1) is 12.7 Å². The number of hydrogen-bond donors (Lipinski definition) is 0. The molecule has 0 N–H and O–H groups in total. The van der Waals surface area contributed by atoms with Crippen molar-refractivity contribution in [2.24, 2.45) is 0 Å². The summed E-state index contributed by atoms with van der Waals surface area (Å²) in [5, 5.41) is 0. The highest BCUT2D eigenvalue weighted by Gasteiger charge is 2.30. The quantitative estimate of drug-likeness (QED) is 0.696. The minimum absolute atomic E-state index is 0.194. The van der Waals surface area contributed by atoms with Crippen LogP contribution < -0.4 is 0 Å². The first kappa shape index (κ1) is 16.2. The van der Waals surface area contributed by atoms with Crippen molar-refractivity contribution in [2.75, 3.05) is 19.7 Å². The minimum Gasteiger partial charge on any atom is -0.371 e. The van der Waals surface area contributed by atoms with E-state index in [2.05, 4.69) is 0 Å². The molecule has 1 unspecified atom stereocenters. The molecule has 0 saturated carbocycles. The van der Waals surface area contributed by atoms with Crippen molar-refractivity contribution in [3.8, 4) is 0 Å². The van der Waals surface area contributed by atoms with Gasteiger partial charge in [-0.1, -0.05) is 33.3 Å². The van der Waals surface area contributed by atoms with Gasteiger partial charge in [0, 0.05) is 18.7 Å². The predicted octanol–water partition coefficient (Wildman–Crippen LogP) is 3.01. The third-order valence-electron chi connectivity index (χ3n) is 2.83. The predicted molar refractivity (Wildman–Crippen MR) is 72.0 cm³/mol. The molecule has 1 atom stereocenters. The van der Waals surface area contributed by atoms with Gasteiger partial charge in [-0.25, -0.2) is 0 Å². The average Bonchev–Trinajstić information content (AvgIpc) is 3.19. The summed E-state index contributed by atoms with van der Waals surface area (Å²) in [5.74, 6) is 0.194. The standard InChI is InChI=1S/C10H15NO2.2C2H6/c1-7-3-4-11(5-9-6-13-9)10(12)8(7)2;2*1-2/h9H,3-6H2,1-2H3;2*1-2H3. The fraction of sp³-hybridized carbons (Fsp3) is 0.786. The molecule has 2 heterocycles. The Kier molecular flexibility index (Phi) is 7.88. The van der Waals surface area contributed by atoms with E-state index in [9.17, 15) is 4.79 Å². The molecule has 0 spiro atoms. The van der Waals surface area contributed by atoms with Crippen molar-refractivity contribution in [1.29, 1.82) is 0 Å². The van der Waals surface area contributed by atoms with Crippen LogP contribution in [0.25, 0.3) is 0 Å². The molecule has 2 aliphatic rings. The molecule has 0 aromatic carbocycles. The van der Waals surface area contributed by atoms with Crippen LogP contribution in [-0.4, -0.2) is 36.6 Å². The Labute approximate surface area is 106 Å². The van der Waals surface area contributed by atoms with Gasteiger partial charge >= 0.3 is 0 Å². The first-order valence-corrected chi connectivity index (χ1v) is 6.75. The lowest BCUT2D eigenvalue weighted by atomic mass is 10.0. The molecule has 1 amide bonds. The maximum Gasteiger partial charge on any atom is 0.249 e. The van der Waals surface area contributed by atoms with Gasteiger partial charge in [-0.3, -0.25) is 4.79 Å². The fourth-order valence-corrected chi connectivity index (χ4v) is 1.60. The van der Waals surface area contributed by atoms with Gasteiger partial charge in [0.1, 0.15) is 0 Å². The fourth-order valence-electron chi connectivity index (χ4n) is 1.60. The van der Waals surface area contributed by atoms with Crippen LogP contribution in [0.5, 0.6) is 0 Å². The van der Waals surface area contributed by atoms with E-state index in [-0.39, 0.29) is 5.91 Å². The van der Waals surface area contributed by atoms with E-state index in [0.29, 0.717) is 6.10 Å². The number of carbonyl (C=O) groups is 1. The zero-order valence-corrected chi connectivity index (χ0v) is 12.2. The molecule has 2 rings (SSSR count). The Morgan fingerprint density at radius 3 is 2.24 bits per heavy atom. The molecule has 2 aliphatic heterocycles. The molecule has 0 bridgehead atoms. The first-order valence-electron chi connectivity index (χ1n) is 6.75. The second-order valence-electron chi connectivity index (χ2n) is 3.86. The number of amides is 1. The van der Waals surface area contributed by atoms with E-state index >= 15 is 0 Å². The lowest BCUT2D eigenvalue weighted by Gasteiger charge is -2.27. The zero-order chi connectivity index (χ0) is 13.4. The van der Waals surface area contributed by atoms with Crippen LogP contribution in [0.4, 0.5) is 0 Å². The number of epoxide rings is 1. The molecule has 1 fully saturated rings. The van der Waals surface area contributed by atoms with Crippen LogP contribution in [0.1, 0.15) is 48.0 Å². The molecule has 0 radical (unpaired) electrons. The van der Waals surface area contributed by atoms with E-state index in [1.807, 2.05) is 46.4 Å². The van der Waals surface area contributed by atoms with Crippen LogP contribution in [0.2, 0.25) is 0 Å². The Morgan fingerprint density at radius 2 is 1.76 bits per heavy atom. The molecule has 0 aromatic rings. The number of nitrogens with zero attached hydrogens (tertiary/aromatic N) is 1. The molecular formula is C14H27NO2. The summed E-state index contributed by atoms with van der Waals surface area (Å²) < 4.78 is 5.11. The summed E-state index contributed by atoms with van der Waals surface area (Å²) in [7, 11) is 0. The molecule has 3 heteroatoms. The van der Waals surface area contributed by atoms with Crippen LogP contribution in [0, 0.1) is 0 Å². The molecular weight excluding hydrogens is 214 g/mol. The van der Waals surface area contributed by atoms with Crippen molar-refractivity contribution >= 4 is 5.91 Å². The van der Waals surface area contributed by atoms with Crippen molar-refractivity contribution in [3.05, 3.63) is 11.1 Å². The number of carbonyl (C=O) groups excluding carboxylic acids is 1. The second kappa shape index (κ2) is 8.29. The van der Waals surface area contributed by atoms with Gasteiger partial charge in [-0.05, 0) is 20.3 Å². The molecule has 3 nitrogen and oxygen atoms in total. The SMILES string of the molecule is CC.CC.CC1=C(C)C(=O)N(CC2CO2)CC1. The first-order chi connectivity index (χ1) is 8.18. The van der Waals surface area contributed by atoms with Crippen LogP contribution in [0.15, 0.2) is 11.1 Å². The summed E-state index contributed by atoms with van der Waals surface area (Å²) in [6.07, 6.45) is 1.33. The highest BCUT2D eigenvalue weighted by molar-refractivity contribution is 5.94. The second-order valence-corrected chi connectivity index (χ2v) is 3.86. The Bertz CT molecular complexity index is 267. The van der Waals surface area contributed by atoms with Gasteiger partial charge in [0.15, 0.2) is 0 Å². The number of ether oxygens (including phenoxy) is 1. The van der Waals surface area contributed by atoms with Crippen molar-refractivity contribution < 1.29 is 9.53 Å². The van der Waals surface area contributed by atoms with Crippen molar-refractivity contribution in [2.45, 2.75) is 54.1 Å². The molecule has 1 saturated heterocycles. The topological polar surface area (TPSA) is 32.8 Å². The lowest BCUT2D eigenvalue weighted by molar-refractivity contribution is -0.128. The summed E-state index contributed by atoms with van der Waals surface area (Å²) in [6.45, 7) is 14.4. The summed E-state index contributed by atoms with van der Waals surface area (Å²) in [4.78, 5) is 13.6. The van der Waals surface area contributed by atoms with E-state index in [4.69, 9.17) is 4.74 Å². The Hall–Kier alpha value is -0.830. The highest BCUT2D eigenvalue weighted by Crippen LogP contribution is 2.20. The number of hydrogen-bond acceptors (Lipinski definition) is 2. The van der Waals surface area contributed by atoms with Crippen molar-refractivity contribution in [1.82, 2.24) is 4.90 Å². The zero-order valence-electron chi connectivity index (χ0n) is 12.2.